The highest BCUT2D eigenvalue weighted by molar-refractivity contribution is 6.55. The molecule has 0 unspecified atom stereocenters. The Bertz CT molecular complexity index is 115. The fourth-order valence-corrected chi connectivity index (χ4v) is 0.146. The first kappa shape index (κ1) is 6.74. The summed E-state index contributed by atoms with van der Waals surface area (Å²) in [5.41, 5.74) is 0. The van der Waals surface area contributed by atoms with Crippen molar-refractivity contribution in [3.05, 3.63) is 0 Å². The number of halogens is 2. The standard InChI is InChI=1S/C3HCl2NO/c4-3(5)2(7)1-6/h3H. The number of nitriles is 1. The zero-order chi connectivity index (χ0) is 5.86. The molecule has 0 saturated heterocycles. The number of hydrogen-bond acceptors (Lipinski definition) is 2. The predicted molar refractivity (Wildman–Crippen MR) is 26.1 cm³/mol. The summed E-state index contributed by atoms with van der Waals surface area (Å²) in [4.78, 5) is 8.70. The van der Waals surface area contributed by atoms with Gasteiger partial charge in [0.2, 0.25) is 0 Å². The topological polar surface area (TPSA) is 40.9 Å². The summed E-state index contributed by atoms with van der Waals surface area (Å²) in [5, 5.41) is 7.74. The molecule has 4 heteroatoms. The number of ketones is 1. The van der Waals surface area contributed by atoms with Crippen molar-refractivity contribution in [2.24, 2.45) is 0 Å². The molecule has 2 nitrogen and oxygen atoms in total. The van der Waals surface area contributed by atoms with Crippen molar-refractivity contribution < 1.29 is 4.79 Å². The van der Waals surface area contributed by atoms with Crippen LogP contribution >= 0.6 is 23.2 Å². The molecule has 0 bridgehead atoms. The van der Waals surface area contributed by atoms with Crippen LogP contribution in [-0.4, -0.2) is 10.6 Å². The Balaban J connectivity index is 3.64. The smallest absolute Gasteiger partial charge is 0.264 e. The van der Waals surface area contributed by atoms with Crippen molar-refractivity contribution in [1.29, 1.82) is 5.26 Å². The van der Waals surface area contributed by atoms with Gasteiger partial charge < -0.3 is 0 Å². The summed E-state index contributed by atoms with van der Waals surface area (Å²) in [6.07, 6.45) is 0. The second kappa shape index (κ2) is 2.84. The Morgan fingerprint density at radius 1 is 1.71 bits per heavy atom. The molecule has 0 aromatic carbocycles. The monoisotopic (exact) mass is 137 g/mol. The van der Waals surface area contributed by atoms with Gasteiger partial charge in [0.25, 0.3) is 5.78 Å². The summed E-state index contributed by atoms with van der Waals surface area (Å²) >= 11 is 9.84. The van der Waals surface area contributed by atoms with Crippen molar-refractivity contribution in [2.45, 2.75) is 4.84 Å². The predicted octanol–water partition coefficient (Wildman–Crippen LogP) is 0.883. The minimum Gasteiger partial charge on any atom is -0.279 e. The Morgan fingerprint density at radius 2 is 2.14 bits per heavy atom. The minimum atomic E-state index is -1.19. The number of alkyl halides is 2. The molecule has 0 rings (SSSR count). The Morgan fingerprint density at radius 3 is 2.14 bits per heavy atom. The van der Waals surface area contributed by atoms with Gasteiger partial charge in [0, 0.05) is 0 Å². The maximum absolute atomic E-state index is 9.89. The SMILES string of the molecule is N#CC(=O)C(Cl)Cl. The molecule has 0 N–H and O–H groups in total. The maximum Gasteiger partial charge on any atom is 0.264 e. The lowest BCUT2D eigenvalue weighted by Crippen LogP contribution is -2.02. The fourth-order valence-electron chi connectivity index (χ4n) is 0.0488. The molecule has 0 aliphatic heterocycles. The van der Waals surface area contributed by atoms with E-state index in [1.807, 2.05) is 0 Å². The van der Waals surface area contributed by atoms with Crippen LogP contribution in [0.1, 0.15) is 0 Å². The van der Waals surface area contributed by atoms with Gasteiger partial charge in [-0.25, -0.2) is 0 Å². The summed E-state index contributed by atoms with van der Waals surface area (Å²) in [6.45, 7) is 0. The fraction of sp³-hybridized carbons (Fsp3) is 0.333. The van der Waals surface area contributed by atoms with Crippen LogP contribution in [0.15, 0.2) is 0 Å². The average Bonchev–Trinajstić information content (AvgIpc) is 1.65. The number of carbonyl (C=O) groups excluding carboxylic acids is 1. The Labute approximate surface area is 50.6 Å². The van der Waals surface area contributed by atoms with Crippen molar-refractivity contribution >= 4 is 29.0 Å². The molecule has 0 fully saturated rings. The highest BCUT2D eigenvalue weighted by Gasteiger charge is 2.07. The first-order chi connectivity index (χ1) is 3.18. The molecule has 0 saturated carbocycles. The quantitative estimate of drug-likeness (QED) is 0.398. The lowest BCUT2D eigenvalue weighted by molar-refractivity contribution is -0.112. The van der Waals surface area contributed by atoms with Crippen LogP contribution in [0.25, 0.3) is 0 Å². The van der Waals surface area contributed by atoms with Crippen molar-refractivity contribution in [2.75, 3.05) is 0 Å². The van der Waals surface area contributed by atoms with E-state index in [-0.39, 0.29) is 0 Å². The molecule has 0 amide bonds. The molecule has 0 aliphatic carbocycles. The van der Waals surface area contributed by atoms with E-state index >= 15 is 0 Å². The Hall–Kier alpha value is -0.260. The molecule has 0 aliphatic rings. The summed E-state index contributed by atoms with van der Waals surface area (Å²) < 4.78 is 0. The van der Waals surface area contributed by atoms with Gasteiger partial charge >= 0.3 is 0 Å². The van der Waals surface area contributed by atoms with Gasteiger partial charge in [0.1, 0.15) is 6.07 Å². The lowest BCUT2D eigenvalue weighted by Gasteiger charge is -1.82. The number of Topliss-reactive ketones (excluding diaryl/α,β-unsaturated/α-hetero) is 1. The van der Waals surface area contributed by atoms with E-state index in [4.69, 9.17) is 28.5 Å². The molecular weight excluding hydrogens is 137 g/mol. The van der Waals surface area contributed by atoms with E-state index in [9.17, 15) is 4.79 Å². The molecule has 0 spiro atoms. The first-order valence-electron chi connectivity index (χ1n) is 1.40. The summed E-state index contributed by atoms with van der Waals surface area (Å²) in [5.74, 6) is -0.816. The van der Waals surface area contributed by atoms with Crippen LogP contribution in [0, 0.1) is 11.3 Å². The second-order valence-electron chi connectivity index (χ2n) is 0.777. The third kappa shape index (κ3) is 2.44. The number of nitrogens with zero attached hydrogens (tertiary/aromatic N) is 1. The number of carbonyl (C=O) groups is 1. The van der Waals surface area contributed by atoms with E-state index in [0.717, 1.165) is 0 Å². The number of hydrogen-bond donors (Lipinski definition) is 0. The molecule has 7 heavy (non-hydrogen) atoms. The zero-order valence-electron chi connectivity index (χ0n) is 3.19. The molecule has 0 heterocycles. The lowest BCUT2D eigenvalue weighted by atomic mass is 10.5. The normalized spacial score (nSPS) is 8.29. The molecule has 0 atom stereocenters. The zero-order valence-corrected chi connectivity index (χ0v) is 4.70. The van der Waals surface area contributed by atoms with E-state index < -0.39 is 10.6 Å². The van der Waals surface area contributed by atoms with Crippen LogP contribution in [0.5, 0.6) is 0 Å². The van der Waals surface area contributed by atoms with E-state index in [1.165, 1.54) is 6.07 Å². The van der Waals surface area contributed by atoms with Crippen molar-refractivity contribution in [3.63, 3.8) is 0 Å². The minimum absolute atomic E-state index is 0.816. The summed E-state index contributed by atoms with van der Waals surface area (Å²) in [6, 6.07) is 1.26. The molecule has 0 aromatic rings. The van der Waals surface area contributed by atoms with E-state index in [2.05, 4.69) is 0 Å². The summed E-state index contributed by atoms with van der Waals surface area (Å²) in [7, 11) is 0. The van der Waals surface area contributed by atoms with Crippen LogP contribution in [0.2, 0.25) is 0 Å². The first-order valence-corrected chi connectivity index (χ1v) is 2.28. The third-order valence-corrected chi connectivity index (χ3v) is 0.705. The molecular formula is C3HCl2NO. The molecule has 0 radical (unpaired) electrons. The van der Waals surface area contributed by atoms with Gasteiger partial charge in [-0.3, -0.25) is 4.79 Å². The molecule has 38 valence electrons. The highest BCUT2D eigenvalue weighted by atomic mass is 35.5. The van der Waals surface area contributed by atoms with Crippen LogP contribution in [0.4, 0.5) is 0 Å². The highest BCUT2D eigenvalue weighted by Crippen LogP contribution is 2.00. The van der Waals surface area contributed by atoms with Crippen molar-refractivity contribution in [1.82, 2.24) is 0 Å². The van der Waals surface area contributed by atoms with Gasteiger partial charge in [-0.15, -0.1) is 0 Å². The van der Waals surface area contributed by atoms with Crippen molar-refractivity contribution in [3.8, 4) is 6.07 Å². The molecule has 0 aromatic heterocycles. The third-order valence-electron chi connectivity index (χ3n) is 0.308. The van der Waals surface area contributed by atoms with Gasteiger partial charge in [-0.2, -0.15) is 5.26 Å². The maximum atomic E-state index is 9.89. The van der Waals surface area contributed by atoms with E-state index in [1.54, 1.807) is 0 Å². The van der Waals surface area contributed by atoms with Gasteiger partial charge in [-0.1, -0.05) is 23.2 Å². The van der Waals surface area contributed by atoms with Crippen LogP contribution in [-0.2, 0) is 4.79 Å². The van der Waals surface area contributed by atoms with Crippen LogP contribution in [0.3, 0.4) is 0 Å². The number of rotatable bonds is 1. The van der Waals surface area contributed by atoms with Gasteiger partial charge in [0.05, 0.1) is 0 Å². The van der Waals surface area contributed by atoms with E-state index in [0.29, 0.717) is 0 Å². The Kier molecular flexibility index (Phi) is 2.73. The van der Waals surface area contributed by atoms with Gasteiger partial charge in [0.15, 0.2) is 4.84 Å². The second-order valence-corrected chi connectivity index (χ2v) is 1.87. The largest absolute Gasteiger partial charge is 0.279 e. The van der Waals surface area contributed by atoms with Gasteiger partial charge in [-0.05, 0) is 0 Å². The van der Waals surface area contributed by atoms with Crippen LogP contribution < -0.4 is 0 Å². The average molecular weight is 138 g/mol.